The molecule has 0 spiro atoms. The van der Waals surface area contributed by atoms with Gasteiger partial charge in [0.05, 0.1) is 17.1 Å². The number of halogens is 2. The van der Waals surface area contributed by atoms with Crippen LogP contribution in [-0.2, 0) is 0 Å². The van der Waals surface area contributed by atoms with Crippen molar-refractivity contribution in [2.24, 2.45) is 0 Å². The largest absolute Gasteiger partial charge is 0.367 e. The summed E-state index contributed by atoms with van der Waals surface area (Å²) in [4.78, 5) is 21.5. The Morgan fingerprint density at radius 1 is 0.941 bits per heavy atom. The zero-order valence-corrected chi connectivity index (χ0v) is 18.6. The first kappa shape index (κ1) is 21.9. The summed E-state index contributed by atoms with van der Waals surface area (Å²) in [5.41, 5.74) is 0.923. The standard InChI is InChI=1S/C25H24F2N6O/c1-15-29-23(19-14-28-33(24(19)30-15)22-9-5-4-8-21(22)27)31-16-10-12-17(13-11-16)32-25(34)18-6-2-3-7-20(18)26/h2-9,14,16-17H,10-13H2,1H3,(H,32,34)(H,29,30,31). The predicted octanol–water partition coefficient (Wildman–Crippen LogP) is 4.56. The number of fused-ring (bicyclic) bond motifs is 1. The summed E-state index contributed by atoms with van der Waals surface area (Å²) in [5.74, 6) is -0.0745. The minimum atomic E-state index is -0.519. The van der Waals surface area contributed by atoms with Crippen molar-refractivity contribution in [2.45, 2.75) is 44.7 Å². The molecule has 34 heavy (non-hydrogen) atoms. The first-order valence-electron chi connectivity index (χ1n) is 11.3. The van der Waals surface area contributed by atoms with Gasteiger partial charge in [0, 0.05) is 12.1 Å². The van der Waals surface area contributed by atoms with Gasteiger partial charge in [0.1, 0.15) is 29.0 Å². The van der Waals surface area contributed by atoms with Gasteiger partial charge in [0.2, 0.25) is 0 Å². The number of amides is 1. The molecule has 0 atom stereocenters. The van der Waals surface area contributed by atoms with Gasteiger partial charge in [0.15, 0.2) is 5.65 Å². The van der Waals surface area contributed by atoms with Gasteiger partial charge in [-0.3, -0.25) is 4.79 Å². The molecule has 0 saturated heterocycles. The summed E-state index contributed by atoms with van der Waals surface area (Å²) in [7, 11) is 0. The average molecular weight is 463 g/mol. The molecule has 4 aromatic rings. The molecular weight excluding hydrogens is 438 g/mol. The Bertz CT molecular complexity index is 1350. The SMILES string of the molecule is Cc1nc(NC2CCC(NC(=O)c3ccccc3F)CC2)c2cnn(-c3ccccc3F)c2n1. The number of para-hydroxylation sites is 1. The Morgan fingerprint density at radius 3 is 2.35 bits per heavy atom. The first-order chi connectivity index (χ1) is 16.5. The lowest BCUT2D eigenvalue weighted by Gasteiger charge is -2.30. The number of aromatic nitrogens is 4. The van der Waals surface area contributed by atoms with Crippen LogP contribution < -0.4 is 10.6 Å². The van der Waals surface area contributed by atoms with Crippen LogP contribution in [0.3, 0.4) is 0 Å². The lowest BCUT2D eigenvalue weighted by atomic mass is 9.91. The molecule has 1 aliphatic carbocycles. The molecule has 0 radical (unpaired) electrons. The highest BCUT2D eigenvalue weighted by atomic mass is 19.1. The van der Waals surface area contributed by atoms with Crippen molar-refractivity contribution in [3.63, 3.8) is 0 Å². The summed E-state index contributed by atoms with van der Waals surface area (Å²) < 4.78 is 29.7. The number of carbonyl (C=O) groups is 1. The monoisotopic (exact) mass is 462 g/mol. The van der Waals surface area contributed by atoms with Gasteiger partial charge in [-0.15, -0.1) is 0 Å². The molecule has 0 aliphatic heterocycles. The minimum absolute atomic E-state index is 0.0129. The number of nitrogens with one attached hydrogen (secondary N) is 2. The topological polar surface area (TPSA) is 84.7 Å². The van der Waals surface area contributed by atoms with Crippen LogP contribution in [0.15, 0.2) is 54.7 Å². The summed E-state index contributed by atoms with van der Waals surface area (Å²) in [6, 6.07) is 12.6. The van der Waals surface area contributed by atoms with E-state index in [-0.39, 0.29) is 29.4 Å². The lowest BCUT2D eigenvalue weighted by Crippen LogP contribution is -2.40. The third kappa shape index (κ3) is 4.33. The second kappa shape index (κ2) is 9.17. The number of aryl methyl sites for hydroxylation is 1. The van der Waals surface area contributed by atoms with Crippen molar-refractivity contribution >= 4 is 22.8 Å². The molecule has 0 unspecified atom stereocenters. The normalized spacial score (nSPS) is 18.1. The van der Waals surface area contributed by atoms with E-state index >= 15 is 0 Å². The maximum Gasteiger partial charge on any atom is 0.254 e. The van der Waals surface area contributed by atoms with Gasteiger partial charge in [-0.1, -0.05) is 24.3 Å². The van der Waals surface area contributed by atoms with Crippen LogP contribution in [0.1, 0.15) is 41.9 Å². The average Bonchev–Trinajstić information content (AvgIpc) is 3.24. The fourth-order valence-electron chi connectivity index (χ4n) is 4.41. The summed E-state index contributed by atoms with van der Waals surface area (Å²) >= 11 is 0. The molecule has 2 aromatic carbocycles. The molecular formula is C25H24F2N6O. The second-order valence-corrected chi connectivity index (χ2v) is 8.51. The molecule has 1 saturated carbocycles. The lowest BCUT2D eigenvalue weighted by molar-refractivity contribution is 0.0922. The van der Waals surface area contributed by atoms with E-state index in [1.54, 1.807) is 43.5 Å². The Morgan fingerprint density at radius 2 is 1.62 bits per heavy atom. The molecule has 2 N–H and O–H groups in total. The fraction of sp³-hybridized carbons (Fsp3) is 0.280. The van der Waals surface area contributed by atoms with E-state index in [1.165, 1.54) is 22.9 Å². The molecule has 5 rings (SSSR count). The van der Waals surface area contributed by atoms with Gasteiger partial charge in [-0.25, -0.2) is 23.4 Å². The zero-order chi connectivity index (χ0) is 23.7. The quantitative estimate of drug-likeness (QED) is 0.454. The molecule has 7 nitrogen and oxygen atoms in total. The molecule has 1 amide bonds. The van der Waals surface area contributed by atoms with Crippen molar-refractivity contribution in [2.75, 3.05) is 5.32 Å². The highest BCUT2D eigenvalue weighted by molar-refractivity contribution is 5.94. The van der Waals surface area contributed by atoms with Gasteiger partial charge in [0.25, 0.3) is 5.91 Å². The number of rotatable bonds is 5. The van der Waals surface area contributed by atoms with Crippen LogP contribution in [0, 0.1) is 18.6 Å². The summed E-state index contributed by atoms with van der Waals surface area (Å²) in [5, 5.41) is 11.5. The van der Waals surface area contributed by atoms with Gasteiger partial charge < -0.3 is 10.6 Å². The second-order valence-electron chi connectivity index (χ2n) is 8.51. The molecule has 1 fully saturated rings. The Balaban J connectivity index is 1.28. The summed E-state index contributed by atoms with van der Waals surface area (Å²) in [6.07, 6.45) is 4.80. The van der Waals surface area contributed by atoms with E-state index in [9.17, 15) is 13.6 Å². The maximum absolute atomic E-state index is 14.3. The van der Waals surface area contributed by atoms with Crippen LogP contribution in [-0.4, -0.2) is 37.7 Å². The fourth-order valence-corrected chi connectivity index (χ4v) is 4.41. The molecule has 2 heterocycles. The van der Waals surface area contributed by atoms with Crippen LogP contribution in [0.5, 0.6) is 0 Å². The van der Waals surface area contributed by atoms with Crippen LogP contribution in [0.2, 0.25) is 0 Å². The third-order valence-corrected chi connectivity index (χ3v) is 6.14. The van der Waals surface area contributed by atoms with Gasteiger partial charge >= 0.3 is 0 Å². The van der Waals surface area contributed by atoms with Crippen LogP contribution in [0.25, 0.3) is 16.7 Å². The van der Waals surface area contributed by atoms with E-state index in [1.807, 2.05) is 0 Å². The van der Waals surface area contributed by atoms with E-state index in [2.05, 4.69) is 25.7 Å². The van der Waals surface area contributed by atoms with Crippen LogP contribution in [0.4, 0.5) is 14.6 Å². The molecule has 0 bridgehead atoms. The number of hydrogen-bond acceptors (Lipinski definition) is 5. The van der Waals surface area contributed by atoms with Crippen molar-refractivity contribution in [3.05, 3.63) is 77.8 Å². The number of hydrogen-bond donors (Lipinski definition) is 2. The zero-order valence-electron chi connectivity index (χ0n) is 18.6. The maximum atomic E-state index is 14.3. The Kier molecular flexibility index (Phi) is 5.91. The Hall–Kier alpha value is -3.88. The smallest absolute Gasteiger partial charge is 0.254 e. The third-order valence-electron chi connectivity index (χ3n) is 6.14. The van der Waals surface area contributed by atoms with Crippen molar-refractivity contribution in [1.82, 2.24) is 25.1 Å². The number of nitrogens with zero attached hydrogens (tertiary/aromatic N) is 4. The van der Waals surface area contributed by atoms with Gasteiger partial charge in [-0.2, -0.15) is 5.10 Å². The number of benzene rings is 2. The van der Waals surface area contributed by atoms with Crippen LogP contribution >= 0.6 is 0 Å². The summed E-state index contributed by atoms with van der Waals surface area (Å²) in [6.45, 7) is 1.79. The van der Waals surface area contributed by atoms with E-state index in [4.69, 9.17) is 0 Å². The van der Waals surface area contributed by atoms with E-state index in [0.29, 0.717) is 28.4 Å². The molecule has 1 aliphatic rings. The highest BCUT2D eigenvalue weighted by Gasteiger charge is 2.25. The highest BCUT2D eigenvalue weighted by Crippen LogP contribution is 2.27. The van der Waals surface area contributed by atoms with Gasteiger partial charge in [-0.05, 0) is 56.9 Å². The Labute approximate surface area is 195 Å². The van der Waals surface area contributed by atoms with Crippen molar-refractivity contribution in [3.8, 4) is 5.69 Å². The van der Waals surface area contributed by atoms with Crippen molar-refractivity contribution in [1.29, 1.82) is 0 Å². The molecule has 2 aromatic heterocycles. The van der Waals surface area contributed by atoms with E-state index < -0.39 is 5.82 Å². The first-order valence-corrected chi connectivity index (χ1v) is 11.3. The van der Waals surface area contributed by atoms with Crippen molar-refractivity contribution < 1.29 is 13.6 Å². The number of carbonyl (C=O) groups excluding carboxylic acids is 1. The number of anilines is 1. The minimum Gasteiger partial charge on any atom is -0.367 e. The molecule has 9 heteroatoms. The molecule has 174 valence electrons. The predicted molar refractivity (Wildman–Crippen MR) is 125 cm³/mol. The van der Waals surface area contributed by atoms with E-state index in [0.717, 1.165) is 25.7 Å².